The number of hydrogen-bond donors (Lipinski definition) is 1. The molecule has 19 heavy (non-hydrogen) atoms. The molecule has 100 valence electrons. The second-order valence-corrected chi connectivity index (χ2v) is 3.80. The Morgan fingerprint density at radius 3 is 2.53 bits per heavy atom. The minimum atomic E-state index is -0.726. The van der Waals surface area contributed by atoms with E-state index in [0.717, 1.165) is 0 Å². The lowest BCUT2D eigenvalue weighted by atomic mass is 10.2. The second-order valence-electron chi connectivity index (χ2n) is 3.39. The van der Waals surface area contributed by atoms with Gasteiger partial charge in [0.1, 0.15) is 16.3 Å². The van der Waals surface area contributed by atoms with Crippen LogP contribution in [-0.4, -0.2) is 30.5 Å². The number of hydrogen-bond acceptors (Lipinski definition) is 4. The Morgan fingerprint density at radius 2 is 2.05 bits per heavy atom. The van der Waals surface area contributed by atoms with E-state index in [1.807, 2.05) is 0 Å². The van der Waals surface area contributed by atoms with E-state index in [9.17, 15) is 4.79 Å². The summed E-state index contributed by atoms with van der Waals surface area (Å²) in [4.78, 5) is 11.5. The Kier molecular flexibility index (Phi) is 5.73. The molecule has 6 heteroatoms. The number of carbonyl (C=O) groups is 1. The molecule has 1 N–H and O–H groups in total. The molecule has 1 aromatic rings. The minimum Gasteiger partial charge on any atom is -0.762 e. The Balaban J connectivity index is 2.77. The standard InChI is InChI=1S/C13H13N2O3S/c1-3-18-13(16)11(8-14)12(19)15-9-4-6-10(17-2)7-5-9/h4-7H,3H2,1-2H3,(H,15,19)/q-1. The van der Waals surface area contributed by atoms with Crippen LogP contribution in [-0.2, 0) is 9.53 Å². The highest BCUT2D eigenvalue weighted by molar-refractivity contribution is 7.81. The molecule has 0 radical (unpaired) electrons. The Bertz CT molecular complexity index is 519. The average Bonchev–Trinajstić information content (AvgIpc) is 2.40. The van der Waals surface area contributed by atoms with E-state index in [0.29, 0.717) is 11.4 Å². The van der Waals surface area contributed by atoms with Gasteiger partial charge in [-0.1, -0.05) is 12.2 Å². The Labute approximate surface area is 116 Å². The maximum Gasteiger partial charge on any atom is 0.347 e. The van der Waals surface area contributed by atoms with Gasteiger partial charge in [0.25, 0.3) is 0 Å². The quantitative estimate of drug-likeness (QED) is 0.386. The van der Waals surface area contributed by atoms with Crippen molar-refractivity contribution >= 4 is 34.7 Å². The van der Waals surface area contributed by atoms with Gasteiger partial charge in [0.15, 0.2) is 0 Å². The molecule has 0 fully saturated rings. The van der Waals surface area contributed by atoms with Gasteiger partial charge in [0.2, 0.25) is 0 Å². The van der Waals surface area contributed by atoms with Crippen LogP contribution in [0.4, 0.5) is 5.69 Å². The lowest BCUT2D eigenvalue weighted by molar-refractivity contribution is -0.137. The summed E-state index contributed by atoms with van der Waals surface area (Å²) in [6.45, 7) is 1.85. The van der Waals surface area contributed by atoms with Crippen molar-refractivity contribution < 1.29 is 14.3 Å². The lowest BCUT2D eigenvalue weighted by Crippen LogP contribution is -2.21. The van der Waals surface area contributed by atoms with Crippen molar-refractivity contribution in [2.75, 3.05) is 19.0 Å². The summed E-state index contributed by atoms with van der Waals surface area (Å²) >= 11 is 5.01. The van der Waals surface area contributed by atoms with Crippen molar-refractivity contribution in [2.45, 2.75) is 6.92 Å². The van der Waals surface area contributed by atoms with Crippen LogP contribution in [0.25, 0.3) is 5.41 Å². The van der Waals surface area contributed by atoms with Gasteiger partial charge in [-0.15, -0.1) is 0 Å². The molecule has 0 saturated heterocycles. The molecule has 0 bridgehead atoms. The number of benzene rings is 1. The van der Waals surface area contributed by atoms with Gasteiger partial charge < -0.3 is 20.2 Å². The first-order chi connectivity index (χ1) is 9.12. The number of anilines is 1. The summed E-state index contributed by atoms with van der Waals surface area (Å²) in [7, 11) is 1.56. The zero-order chi connectivity index (χ0) is 14.3. The van der Waals surface area contributed by atoms with Gasteiger partial charge in [-0.3, -0.25) is 5.87 Å². The van der Waals surface area contributed by atoms with Crippen molar-refractivity contribution in [1.29, 1.82) is 0 Å². The van der Waals surface area contributed by atoms with Gasteiger partial charge >= 0.3 is 5.97 Å². The molecule has 1 rings (SSSR count). The van der Waals surface area contributed by atoms with Crippen molar-refractivity contribution in [2.24, 2.45) is 0 Å². The van der Waals surface area contributed by atoms with E-state index in [2.05, 4.69) is 5.32 Å². The molecule has 0 heterocycles. The first-order valence-electron chi connectivity index (χ1n) is 5.52. The zero-order valence-electron chi connectivity index (χ0n) is 10.6. The average molecular weight is 277 g/mol. The molecule has 0 atom stereocenters. The highest BCUT2D eigenvalue weighted by Gasteiger charge is 2.14. The monoisotopic (exact) mass is 277 g/mol. The van der Waals surface area contributed by atoms with E-state index in [1.54, 1.807) is 44.2 Å². The summed E-state index contributed by atoms with van der Waals surface area (Å²) in [6, 6.07) is 6.93. The molecule has 0 unspecified atom stereocenters. The molecular formula is C13H13N2O3S-. The van der Waals surface area contributed by atoms with Crippen LogP contribution in [0, 0.1) is 0 Å². The van der Waals surface area contributed by atoms with E-state index < -0.39 is 5.97 Å². The molecule has 1 aromatic carbocycles. The third kappa shape index (κ3) is 4.21. The van der Waals surface area contributed by atoms with Crippen LogP contribution >= 0.6 is 12.2 Å². The van der Waals surface area contributed by atoms with Crippen molar-refractivity contribution in [3.8, 4) is 5.75 Å². The molecule has 0 amide bonds. The molecule has 0 spiro atoms. The minimum absolute atomic E-state index is 0.0334. The number of thiocarbonyl (C=S) groups is 1. The fraction of sp³-hybridized carbons (Fsp3) is 0.231. The molecule has 0 aliphatic rings. The zero-order valence-corrected chi connectivity index (χ0v) is 11.4. The van der Waals surface area contributed by atoms with E-state index in [1.165, 1.54) is 0 Å². The molecule has 0 saturated carbocycles. The normalized spacial score (nSPS) is 9.16. The largest absolute Gasteiger partial charge is 0.762 e. The fourth-order valence-corrected chi connectivity index (χ4v) is 1.51. The lowest BCUT2D eigenvalue weighted by Gasteiger charge is -2.10. The Hall–Kier alpha value is -2.17. The van der Waals surface area contributed by atoms with Crippen LogP contribution in [0.3, 0.4) is 0 Å². The number of esters is 1. The summed E-state index contributed by atoms with van der Waals surface area (Å²) in [5.74, 6) is 1.72. The summed E-state index contributed by atoms with van der Waals surface area (Å²) in [6.07, 6.45) is 0. The third-order valence-corrected chi connectivity index (χ3v) is 2.47. The maximum atomic E-state index is 11.5. The van der Waals surface area contributed by atoms with E-state index in [-0.39, 0.29) is 17.2 Å². The van der Waals surface area contributed by atoms with Gasteiger partial charge in [-0.25, -0.2) is 4.79 Å². The van der Waals surface area contributed by atoms with Gasteiger partial charge in [0, 0.05) is 5.69 Å². The number of carbonyl (C=O) groups excluding carboxylic acids is 1. The van der Waals surface area contributed by atoms with Crippen LogP contribution < -0.4 is 10.1 Å². The highest BCUT2D eigenvalue weighted by Crippen LogP contribution is 2.16. The molecule has 0 aromatic heterocycles. The topological polar surface area (TPSA) is 69.9 Å². The fourth-order valence-electron chi connectivity index (χ4n) is 1.26. The number of methoxy groups -OCH3 is 1. The first kappa shape index (κ1) is 14.9. The number of nitrogens with zero attached hydrogens (tertiary/aromatic N) is 1. The number of nitrogens with one attached hydrogen (secondary N) is 1. The Morgan fingerprint density at radius 1 is 1.42 bits per heavy atom. The predicted octanol–water partition coefficient (Wildman–Crippen LogP) is 2.16. The number of rotatable bonds is 5. The van der Waals surface area contributed by atoms with E-state index >= 15 is 0 Å². The van der Waals surface area contributed by atoms with Crippen LogP contribution in [0.1, 0.15) is 6.92 Å². The summed E-state index contributed by atoms with van der Waals surface area (Å²) in [5, 5.41) is 11.7. The van der Waals surface area contributed by atoms with Crippen LogP contribution in [0.2, 0.25) is 0 Å². The van der Waals surface area contributed by atoms with Crippen molar-refractivity contribution in [3.63, 3.8) is 0 Å². The van der Waals surface area contributed by atoms with Crippen LogP contribution in [0.15, 0.2) is 29.8 Å². The predicted molar refractivity (Wildman–Crippen MR) is 77.7 cm³/mol. The van der Waals surface area contributed by atoms with Crippen molar-refractivity contribution in [1.82, 2.24) is 0 Å². The first-order valence-corrected chi connectivity index (χ1v) is 5.92. The summed E-state index contributed by atoms with van der Waals surface area (Å²) < 4.78 is 9.76. The SMILES string of the molecule is CCOC(=O)C(=C=[N-])C(=S)Nc1ccc(OC)cc1. The molecule has 5 nitrogen and oxygen atoms in total. The van der Waals surface area contributed by atoms with Gasteiger partial charge in [-0.2, -0.15) is 0 Å². The third-order valence-electron chi connectivity index (χ3n) is 2.17. The van der Waals surface area contributed by atoms with E-state index in [4.69, 9.17) is 27.1 Å². The van der Waals surface area contributed by atoms with Crippen LogP contribution in [0.5, 0.6) is 5.75 Å². The summed E-state index contributed by atoms with van der Waals surface area (Å²) in [5.41, 5.74) is 0.440. The molecule has 0 aliphatic carbocycles. The highest BCUT2D eigenvalue weighted by atomic mass is 32.1. The maximum absolute atomic E-state index is 11.5. The molecule has 0 aliphatic heterocycles. The van der Waals surface area contributed by atoms with Gasteiger partial charge in [-0.05, 0) is 31.2 Å². The van der Waals surface area contributed by atoms with Crippen molar-refractivity contribution in [3.05, 3.63) is 35.2 Å². The smallest absolute Gasteiger partial charge is 0.347 e. The number of ether oxygens (including phenoxy) is 2. The second kappa shape index (κ2) is 7.31. The molecular weight excluding hydrogens is 264 g/mol. The van der Waals surface area contributed by atoms with Gasteiger partial charge in [0.05, 0.1) is 13.7 Å².